The van der Waals surface area contributed by atoms with Crippen molar-refractivity contribution < 1.29 is 4.79 Å². The quantitative estimate of drug-likeness (QED) is 0.848. The first kappa shape index (κ1) is 14.2. The summed E-state index contributed by atoms with van der Waals surface area (Å²) in [6.45, 7) is 1.80. The van der Waals surface area contributed by atoms with Gasteiger partial charge in [-0.1, -0.05) is 11.6 Å². The normalized spacial score (nSPS) is 17.3. The van der Waals surface area contributed by atoms with Gasteiger partial charge in [-0.05, 0) is 49.9 Å². The van der Waals surface area contributed by atoms with Gasteiger partial charge in [-0.25, -0.2) is 0 Å². The second-order valence-corrected chi connectivity index (χ2v) is 6.36. The van der Waals surface area contributed by atoms with Crippen LogP contribution in [-0.2, 0) is 4.79 Å². The van der Waals surface area contributed by atoms with Crippen molar-refractivity contribution >= 4 is 29.3 Å². The number of halogens is 1. The Hall–Kier alpha value is -1.18. The molecule has 1 aromatic rings. The van der Waals surface area contributed by atoms with Crippen LogP contribution < -0.4 is 5.32 Å². The molecule has 0 spiro atoms. The molecule has 0 bridgehead atoms. The van der Waals surface area contributed by atoms with E-state index in [9.17, 15) is 10.1 Å². The molecule has 0 heterocycles. The lowest BCUT2D eigenvalue weighted by Crippen LogP contribution is -2.47. The van der Waals surface area contributed by atoms with Gasteiger partial charge in [0, 0.05) is 9.92 Å². The minimum Gasteiger partial charge on any atom is -0.337 e. The summed E-state index contributed by atoms with van der Waals surface area (Å²) >= 11 is 7.24. The number of hydrogen-bond donors (Lipinski definition) is 1. The Labute approximate surface area is 122 Å². The molecule has 3 nitrogen and oxygen atoms in total. The summed E-state index contributed by atoms with van der Waals surface area (Å²) in [6, 6.07) is 9.57. The van der Waals surface area contributed by atoms with Crippen molar-refractivity contribution in [3.8, 4) is 6.07 Å². The van der Waals surface area contributed by atoms with Crippen molar-refractivity contribution in [2.45, 2.75) is 30.2 Å². The molecular weight excluding hydrogens is 280 g/mol. The Morgan fingerprint density at radius 1 is 1.53 bits per heavy atom. The van der Waals surface area contributed by atoms with Crippen LogP contribution in [0.2, 0.25) is 5.02 Å². The Bertz CT molecular complexity index is 507. The molecule has 1 aromatic carbocycles. The van der Waals surface area contributed by atoms with E-state index in [-0.39, 0.29) is 5.91 Å². The maximum absolute atomic E-state index is 11.9. The second kappa shape index (κ2) is 5.85. The second-order valence-electron chi connectivity index (χ2n) is 4.88. The standard InChI is InChI=1S/C14H15ClN2OS/c1-14(9-16,10-2-3-10)17-13(18)8-19-12-6-4-11(15)5-7-12/h4-7,10H,2-3,8H2,1H3,(H,17,18)/t14-/m0/s1. The van der Waals surface area contributed by atoms with E-state index in [0.717, 1.165) is 17.7 Å². The molecule has 0 saturated heterocycles. The number of carbonyl (C=O) groups is 1. The zero-order valence-corrected chi connectivity index (χ0v) is 12.2. The third-order valence-electron chi connectivity index (χ3n) is 3.21. The van der Waals surface area contributed by atoms with Crippen LogP contribution in [0, 0.1) is 17.2 Å². The lowest BCUT2D eigenvalue weighted by molar-refractivity contribution is -0.119. The molecule has 0 unspecified atom stereocenters. The lowest BCUT2D eigenvalue weighted by Gasteiger charge is -2.22. The summed E-state index contributed by atoms with van der Waals surface area (Å²) in [5.74, 6) is 0.518. The minimum absolute atomic E-state index is 0.101. The van der Waals surface area contributed by atoms with Crippen LogP contribution in [0.5, 0.6) is 0 Å². The van der Waals surface area contributed by atoms with Crippen LogP contribution in [0.3, 0.4) is 0 Å². The van der Waals surface area contributed by atoms with Gasteiger partial charge in [-0.2, -0.15) is 5.26 Å². The van der Waals surface area contributed by atoms with Crippen molar-refractivity contribution in [2.24, 2.45) is 5.92 Å². The van der Waals surface area contributed by atoms with Gasteiger partial charge in [0.25, 0.3) is 0 Å². The van der Waals surface area contributed by atoms with Crippen molar-refractivity contribution in [1.82, 2.24) is 5.32 Å². The van der Waals surface area contributed by atoms with E-state index in [4.69, 9.17) is 11.6 Å². The number of rotatable bonds is 5. The van der Waals surface area contributed by atoms with Crippen LogP contribution >= 0.6 is 23.4 Å². The Morgan fingerprint density at radius 3 is 2.68 bits per heavy atom. The first-order valence-electron chi connectivity index (χ1n) is 6.14. The van der Waals surface area contributed by atoms with E-state index in [0.29, 0.717) is 16.7 Å². The first-order chi connectivity index (χ1) is 9.03. The fraction of sp³-hybridized carbons (Fsp3) is 0.429. The van der Waals surface area contributed by atoms with Crippen molar-refractivity contribution in [3.05, 3.63) is 29.3 Å². The maximum Gasteiger partial charge on any atom is 0.231 e. The highest BCUT2D eigenvalue weighted by Crippen LogP contribution is 2.39. The third-order valence-corrected chi connectivity index (χ3v) is 4.47. The van der Waals surface area contributed by atoms with Gasteiger partial charge in [-0.15, -0.1) is 11.8 Å². The average molecular weight is 295 g/mol. The molecule has 0 radical (unpaired) electrons. The van der Waals surface area contributed by atoms with Crippen LogP contribution in [0.25, 0.3) is 0 Å². The van der Waals surface area contributed by atoms with E-state index in [1.165, 1.54) is 11.8 Å². The lowest BCUT2D eigenvalue weighted by atomic mass is 9.98. The molecule has 2 rings (SSSR count). The molecule has 100 valence electrons. The van der Waals surface area contributed by atoms with Gasteiger partial charge in [-0.3, -0.25) is 4.79 Å². The van der Waals surface area contributed by atoms with E-state index in [1.807, 2.05) is 12.1 Å². The van der Waals surface area contributed by atoms with E-state index < -0.39 is 5.54 Å². The SMILES string of the molecule is C[C@@](C#N)(NC(=O)CSc1ccc(Cl)cc1)C1CC1. The molecule has 1 aliphatic carbocycles. The van der Waals surface area contributed by atoms with Crippen molar-refractivity contribution in [3.63, 3.8) is 0 Å². The van der Waals surface area contributed by atoms with Gasteiger partial charge in [0.05, 0.1) is 11.8 Å². The first-order valence-corrected chi connectivity index (χ1v) is 7.50. The maximum atomic E-state index is 11.9. The van der Waals surface area contributed by atoms with E-state index >= 15 is 0 Å². The number of thioether (sulfide) groups is 1. The van der Waals surface area contributed by atoms with Gasteiger partial charge in [0.15, 0.2) is 0 Å². The van der Waals surface area contributed by atoms with Gasteiger partial charge in [0.2, 0.25) is 5.91 Å². The molecule has 0 aromatic heterocycles. The summed E-state index contributed by atoms with van der Waals surface area (Å²) in [5.41, 5.74) is -0.711. The molecule has 1 fully saturated rings. The predicted octanol–water partition coefficient (Wildman–Crippen LogP) is 3.24. The molecular formula is C14H15ClN2OS. The fourth-order valence-electron chi connectivity index (χ4n) is 1.89. The molecule has 1 saturated carbocycles. The van der Waals surface area contributed by atoms with E-state index in [1.54, 1.807) is 19.1 Å². The largest absolute Gasteiger partial charge is 0.337 e. The van der Waals surface area contributed by atoms with Crippen molar-refractivity contribution in [1.29, 1.82) is 5.26 Å². The summed E-state index contributed by atoms with van der Waals surface area (Å²) in [4.78, 5) is 12.9. The molecule has 1 amide bonds. The van der Waals surface area contributed by atoms with Crippen LogP contribution in [-0.4, -0.2) is 17.2 Å². The van der Waals surface area contributed by atoms with Gasteiger partial charge >= 0.3 is 0 Å². The van der Waals surface area contributed by atoms with Crippen molar-refractivity contribution in [2.75, 3.05) is 5.75 Å². The molecule has 0 aliphatic heterocycles. The number of amides is 1. The zero-order valence-electron chi connectivity index (χ0n) is 10.6. The summed E-state index contributed by atoms with van der Waals surface area (Å²) < 4.78 is 0. The number of nitrogens with one attached hydrogen (secondary N) is 1. The van der Waals surface area contributed by atoms with Crippen LogP contribution in [0.1, 0.15) is 19.8 Å². The molecule has 1 aliphatic rings. The number of carbonyl (C=O) groups excluding carboxylic acids is 1. The minimum atomic E-state index is -0.711. The summed E-state index contributed by atoms with van der Waals surface area (Å²) in [7, 11) is 0. The van der Waals surface area contributed by atoms with Crippen LogP contribution in [0.4, 0.5) is 0 Å². The Balaban J connectivity index is 1.84. The summed E-state index contributed by atoms with van der Waals surface area (Å²) in [6.07, 6.45) is 2.04. The monoisotopic (exact) mass is 294 g/mol. The van der Waals surface area contributed by atoms with Crippen LogP contribution in [0.15, 0.2) is 29.2 Å². The molecule has 19 heavy (non-hydrogen) atoms. The highest BCUT2D eigenvalue weighted by atomic mass is 35.5. The molecule has 5 heteroatoms. The molecule has 1 N–H and O–H groups in total. The smallest absolute Gasteiger partial charge is 0.231 e. The Morgan fingerprint density at radius 2 is 2.16 bits per heavy atom. The number of nitrogens with zero attached hydrogens (tertiary/aromatic N) is 1. The third kappa shape index (κ3) is 3.89. The number of nitriles is 1. The fourth-order valence-corrected chi connectivity index (χ4v) is 2.71. The highest BCUT2D eigenvalue weighted by molar-refractivity contribution is 8.00. The summed E-state index contributed by atoms with van der Waals surface area (Å²) in [5, 5.41) is 12.7. The zero-order chi connectivity index (χ0) is 13.9. The van der Waals surface area contributed by atoms with Gasteiger partial charge in [0.1, 0.15) is 5.54 Å². The Kier molecular flexibility index (Phi) is 4.38. The number of hydrogen-bond acceptors (Lipinski definition) is 3. The predicted molar refractivity (Wildman–Crippen MR) is 77.1 cm³/mol. The van der Waals surface area contributed by atoms with E-state index in [2.05, 4.69) is 11.4 Å². The number of benzene rings is 1. The van der Waals surface area contributed by atoms with Gasteiger partial charge < -0.3 is 5.32 Å². The highest BCUT2D eigenvalue weighted by Gasteiger charge is 2.42. The average Bonchev–Trinajstić information content (AvgIpc) is 3.22. The topological polar surface area (TPSA) is 52.9 Å². The molecule has 1 atom stereocenters.